The highest BCUT2D eigenvalue weighted by molar-refractivity contribution is 5.96. The Hall–Kier alpha value is -3.01. The zero-order valence-corrected chi connectivity index (χ0v) is 15.9. The van der Waals surface area contributed by atoms with E-state index in [2.05, 4.69) is 24.8 Å². The first-order chi connectivity index (χ1) is 13.2. The normalized spacial score (nSPS) is 13.7. The fourth-order valence-electron chi connectivity index (χ4n) is 3.42. The predicted molar refractivity (Wildman–Crippen MR) is 108 cm³/mol. The highest BCUT2D eigenvalue weighted by atomic mass is 16.5. The summed E-state index contributed by atoms with van der Waals surface area (Å²) in [6.07, 6.45) is 5.39. The molecule has 2 aromatic carbocycles. The van der Waals surface area contributed by atoms with Gasteiger partial charge in [0.05, 0.1) is 14.2 Å². The number of benzene rings is 2. The highest BCUT2D eigenvalue weighted by Crippen LogP contribution is 2.34. The topological polar surface area (TPSA) is 38.8 Å². The maximum atomic E-state index is 13.0. The van der Waals surface area contributed by atoms with E-state index in [1.807, 2.05) is 29.2 Å². The van der Waals surface area contributed by atoms with E-state index in [1.54, 1.807) is 26.4 Å². The molecule has 140 valence electrons. The van der Waals surface area contributed by atoms with E-state index in [9.17, 15) is 4.79 Å². The summed E-state index contributed by atoms with van der Waals surface area (Å²) >= 11 is 0. The number of hydrogen-bond donors (Lipinski definition) is 0. The molecule has 0 saturated heterocycles. The molecule has 1 aliphatic heterocycles. The van der Waals surface area contributed by atoms with Gasteiger partial charge in [-0.15, -0.1) is 6.58 Å². The van der Waals surface area contributed by atoms with Gasteiger partial charge in [-0.05, 0) is 36.1 Å². The van der Waals surface area contributed by atoms with Crippen molar-refractivity contribution in [3.63, 3.8) is 0 Å². The Kier molecular flexibility index (Phi) is 5.97. The van der Waals surface area contributed by atoms with Crippen molar-refractivity contribution in [1.29, 1.82) is 0 Å². The molecule has 0 N–H and O–H groups in total. The maximum Gasteiger partial charge on any atom is 0.254 e. The molecule has 0 aliphatic carbocycles. The zero-order chi connectivity index (χ0) is 19.2. The van der Waals surface area contributed by atoms with Crippen LogP contribution in [0.2, 0.25) is 0 Å². The Balaban J connectivity index is 1.83. The largest absolute Gasteiger partial charge is 0.493 e. The molecule has 0 bridgehead atoms. The van der Waals surface area contributed by atoms with Crippen LogP contribution in [0.25, 0.3) is 5.57 Å². The third-order valence-corrected chi connectivity index (χ3v) is 4.81. The lowest BCUT2D eigenvalue weighted by Gasteiger charge is -2.27. The molecule has 0 radical (unpaired) electrons. The molecule has 4 nitrogen and oxygen atoms in total. The van der Waals surface area contributed by atoms with Crippen LogP contribution >= 0.6 is 0 Å². The number of amides is 1. The second-order valence-corrected chi connectivity index (χ2v) is 6.46. The van der Waals surface area contributed by atoms with Crippen LogP contribution in [-0.2, 0) is 6.42 Å². The minimum atomic E-state index is 0.00428. The number of carbonyl (C=O) groups excluding carboxylic acids is 1. The monoisotopic (exact) mass is 363 g/mol. The van der Waals surface area contributed by atoms with Gasteiger partial charge in [0.2, 0.25) is 0 Å². The van der Waals surface area contributed by atoms with E-state index < -0.39 is 0 Å². The van der Waals surface area contributed by atoms with Crippen LogP contribution in [0.3, 0.4) is 0 Å². The van der Waals surface area contributed by atoms with Crippen LogP contribution in [0.1, 0.15) is 27.9 Å². The molecule has 1 amide bonds. The van der Waals surface area contributed by atoms with E-state index in [0.29, 0.717) is 36.6 Å². The van der Waals surface area contributed by atoms with Gasteiger partial charge in [0.25, 0.3) is 5.91 Å². The van der Waals surface area contributed by atoms with Crippen molar-refractivity contribution in [2.24, 2.45) is 0 Å². The molecule has 1 heterocycles. The number of rotatable bonds is 6. The molecule has 0 aromatic heterocycles. The minimum absolute atomic E-state index is 0.00428. The van der Waals surface area contributed by atoms with E-state index >= 15 is 0 Å². The van der Waals surface area contributed by atoms with E-state index in [0.717, 1.165) is 12.0 Å². The fraction of sp³-hybridized carbons (Fsp3) is 0.261. The summed E-state index contributed by atoms with van der Waals surface area (Å²) in [7, 11) is 3.19. The first-order valence-corrected chi connectivity index (χ1v) is 9.07. The Morgan fingerprint density at radius 3 is 2.56 bits per heavy atom. The molecule has 3 rings (SSSR count). The average molecular weight is 363 g/mol. The SMILES string of the molecule is C=CCc1cc(C(=O)N2CC=C(c3ccccc3)CC2)cc(OC)c1OC. The summed E-state index contributed by atoms with van der Waals surface area (Å²) in [4.78, 5) is 14.9. The van der Waals surface area contributed by atoms with Gasteiger partial charge >= 0.3 is 0 Å². The lowest BCUT2D eigenvalue weighted by atomic mass is 9.98. The maximum absolute atomic E-state index is 13.0. The van der Waals surface area contributed by atoms with Gasteiger partial charge in [-0.25, -0.2) is 0 Å². The molecular formula is C23H25NO3. The summed E-state index contributed by atoms with van der Waals surface area (Å²) in [5.41, 5.74) is 4.03. The van der Waals surface area contributed by atoms with Crippen LogP contribution in [-0.4, -0.2) is 38.1 Å². The number of nitrogens with zero attached hydrogens (tertiary/aromatic N) is 1. The molecular weight excluding hydrogens is 338 g/mol. The van der Waals surface area contributed by atoms with Gasteiger partial charge in [-0.1, -0.05) is 42.5 Å². The van der Waals surface area contributed by atoms with Crippen molar-refractivity contribution in [3.8, 4) is 11.5 Å². The third-order valence-electron chi connectivity index (χ3n) is 4.81. The van der Waals surface area contributed by atoms with E-state index in [-0.39, 0.29) is 5.91 Å². The van der Waals surface area contributed by atoms with Crippen molar-refractivity contribution in [3.05, 3.63) is 77.9 Å². The number of methoxy groups -OCH3 is 2. The molecule has 1 aliphatic rings. The van der Waals surface area contributed by atoms with Crippen molar-refractivity contribution in [2.75, 3.05) is 27.3 Å². The second-order valence-electron chi connectivity index (χ2n) is 6.46. The first-order valence-electron chi connectivity index (χ1n) is 9.07. The fourth-order valence-corrected chi connectivity index (χ4v) is 3.42. The lowest BCUT2D eigenvalue weighted by molar-refractivity contribution is 0.0772. The summed E-state index contributed by atoms with van der Waals surface area (Å²) in [6, 6.07) is 13.9. The number of hydrogen-bond acceptors (Lipinski definition) is 3. The standard InChI is InChI=1S/C23H25NO3/c1-4-8-19-15-20(16-21(26-2)22(19)27-3)23(25)24-13-11-18(12-14-24)17-9-6-5-7-10-17/h4-7,9-11,15-16H,1,8,12-14H2,2-3H3. The molecule has 4 heteroatoms. The molecule has 0 fully saturated rings. The molecule has 0 atom stereocenters. The molecule has 0 saturated carbocycles. The van der Waals surface area contributed by atoms with Gasteiger partial charge < -0.3 is 14.4 Å². The number of carbonyl (C=O) groups is 1. The molecule has 0 unspecified atom stereocenters. The lowest BCUT2D eigenvalue weighted by Crippen LogP contribution is -2.34. The number of ether oxygens (including phenoxy) is 2. The summed E-state index contributed by atoms with van der Waals surface area (Å²) in [6.45, 7) is 5.09. The van der Waals surface area contributed by atoms with Crippen LogP contribution in [0.4, 0.5) is 0 Å². The Labute approximate surface area is 160 Å². The van der Waals surface area contributed by atoms with Gasteiger partial charge in [-0.2, -0.15) is 0 Å². The minimum Gasteiger partial charge on any atom is -0.493 e. The molecule has 0 spiro atoms. The summed E-state index contributed by atoms with van der Waals surface area (Å²) in [5.74, 6) is 1.22. The third kappa shape index (κ3) is 4.05. The van der Waals surface area contributed by atoms with Gasteiger partial charge in [0, 0.05) is 24.2 Å². The van der Waals surface area contributed by atoms with Gasteiger partial charge in [-0.3, -0.25) is 4.79 Å². The molecule has 2 aromatic rings. The van der Waals surface area contributed by atoms with Gasteiger partial charge in [0.15, 0.2) is 11.5 Å². The van der Waals surface area contributed by atoms with Gasteiger partial charge in [0.1, 0.15) is 0 Å². The average Bonchev–Trinajstić information content (AvgIpc) is 2.73. The van der Waals surface area contributed by atoms with Crippen LogP contribution in [0.15, 0.2) is 61.2 Å². The number of allylic oxidation sites excluding steroid dienone is 1. The van der Waals surface area contributed by atoms with Crippen molar-refractivity contribution < 1.29 is 14.3 Å². The Bertz CT molecular complexity index is 855. The van der Waals surface area contributed by atoms with Crippen LogP contribution in [0.5, 0.6) is 11.5 Å². The second kappa shape index (κ2) is 8.58. The quantitative estimate of drug-likeness (QED) is 0.716. The smallest absolute Gasteiger partial charge is 0.254 e. The van der Waals surface area contributed by atoms with Crippen molar-refractivity contribution in [2.45, 2.75) is 12.8 Å². The van der Waals surface area contributed by atoms with Crippen molar-refractivity contribution in [1.82, 2.24) is 4.90 Å². The first kappa shape index (κ1) is 18.8. The predicted octanol–water partition coefficient (Wildman–Crippen LogP) is 4.36. The zero-order valence-electron chi connectivity index (χ0n) is 15.9. The summed E-state index contributed by atoms with van der Waals surface area (Å²) < 4.78 is 10.9. The Morgan fingerprint density at radius 1 is 1.19 bits per heavy atom. The van der Waals surface area contributed by atoms with Crippen LogP contribution < -0.4 is 9.47 Å². The highest BCUT2D eigenvalue weighted by Gasteiger charge is 2.22. The van der Waals surface area contributed by atoms with E-state index in [4.69, 9.17) is 9.47 Å². The summed E-state index contributed by atoms with van der Waals surface area (Å²) in [5, 5.41) is 0. The Morgan fingerprint density at radius 2 is 1.96 bits per heavy atom. The molecule has 27 heavy (non-hydrogen) atoms. The van der Waals surface area contributed by atoms with Crippen molar-refractivity contribution >= 4 is 11.5 Å². The van der Waals surface area contributed by atoms with E-state index in [1.165, 1.54) is 11.1 Å². The van der Waals surface area contributed by atoms with Crippen LogP contribution in [0, 0.1) is 0 Å².